The standard InChI is InChI=1S/C15H23N3O3/c1-17-8-12(13(19)9-17)6-15(20)18-4-2-11(3-5-18)14-7-16-10-21-14/h7,10-13,19H,2-6,8-9H2,1H3/t12-,13-/m1/s1. The van der Waals surface area contributed by atoms with Crippen molar-refractivity contribution < 1.29 is 14.3 Å². The van der Waals surface area contributed by atoms with Crippen LogP contribution in [0.1, 0.15) is 30.9 Å². The van der Waals surface area contributed by atoms with Crippen molar-refractivity contribution in [3.8, 4) is 0 Å². The maximum absolute atomic E-state index is 12.4. The minimum atomic E-state index is -0.370. The molecule has 0 bridgehead atoms. The number of aromatic nitrogens is 1. The number of nitrogens with zero attached hydrogens (tertiary/aromatic N) is 3. The molecule has 2 aliphatic heterocycles. The molecular formula is C15H23N3O3. The highest BCUT2D eigenvalue weighted by molar-refractivity contribution is 5.76. The lowest BCUT2D eigenvalue weighted by molar-refractivity contribution is -0.133. The molecule has 0 saturated carbocycles. The summed E-state index contributed by atoms with van der Waals surface area (Å²) in [6.45, 7) is 3.01. The zero-order chi connectivity index (χ0) is 14.8. The predicted octanol–water partition coefficient (Wildman–Crippen LogP) is 0.693. The third-order valence-corrected chi connectivity index (χ3v) is 4.73. The third kappa shape index (κ3) is 3.27. The Labute approximate surface area is 124 Å². The second-order valence-corrected chi connectivity index (χ2v) is 6.31. The molecule has 0 aromatic carbocycles. The van der Waals surface area contributed by atoms with Crippen LogP contribution in [0.25, 0.3) is 0 Å². The summed E-state index contributed by atoms with van der Waals surface area (Å²) in [6, 6.07) is 0. The Morgan fingerprint density at radius 1 is 1.43 bits per heavy atom. The van der Waals surface area contributed by atoms with E-state index in [1.807, 2.05) is 11.9 Å². The summed E-state index contributed by atoms with van der Waals surface area (Å²) in [4.78, 5) is 20.3. The summed E-state index contributed by atoms with van der Waals surface area (Å²) in [6.07, 6.45) is 5.17. The van der Waals surface area contributed by atoms with E-state index in [0.29, 0.717) is 18.9 Å². The molecule has 2 aliphatic rings. The highest BCUT2D eigenvalue weighted by Crippen LogP contribution is 2.28. The van der Waals surface area contributed by atoms with Crippen LogP contribution in [0.5, 0.6) is 0 Å². The van der Waals surface area contributed by atoms with Gasteiger partial charge in [0.25, 0.3) is 0 Å². The second-order valence-electron chi connectivity index (χ2n) is 6.31. The van der Waals surface area contributed by atoms with Crippen LogP contribution < -0.4 is 0 Å². The number of likely N-dealkylation sites (N-methyl/N-ethyl adjacent to an activating group) is 1. The van der Waals surface area contributed by atoms with Gasteiger partial charge >= 0.3 is 0 Å². The minimum absolute atomic E-state index is 0.0782. The van der Waals surface area contributed by atoms with E-state index in [4.69, 9.17) is 4.42 Å². The smallest absolute Gasteiger partial charge is 0.222 e. The molecule has 2 saturated heterocycles. The van der Waals surface area contributed by atoms with Crippen molar-refractivity contribution in [3.63, 3.8) is 0 Å². The number of aliphatic hydroxyl groups is 1. The Morgan fingerprint density at radius 2 is 2.19 bits per heavy atom. The maximum atomic E-state index is 12.4. The van der Waals surface area contributed by atoms with Crippen molar-refractivity contribution in [3.05, 3.63) is 18.4 Å². The van der Waals surface area contributed by atoms with Crippen LogP contribution in [0, 0.1) is 5.92 Å². The molecule has 2 fully saturated rings. The molecular weight excluding hydrogens is 270 g/mol. The zero-order valence-electron chi connectivity index (χ0n) is 12.4. The van der Waals surface area contributed by atoms with Crippen LogP contribution in [0.3, 0.4) is 0 Å². The quantitative estimate of drug-likeness (QED) is 0.888. The highest BCUT2D eigenvalue weighted by atomic mass is 16.3. The largest absolute Gasteiger partial charge is 0.448 e. The van der Waals surface area contributed by atoms with Crippen LogP contribution >= 0.6 is 0 Å². The average molecular weight is 293 g/mol. The molecule has 1 aromatic rings. The lowest BCUT2D eigenvalue weighted by Crippen LogP contribution is -2.39. The Balaban J connectivity index is 1.49. The Hall–Kier alpha value is -1.40. The monoisotopic (exact) mass is 293 g/mol. The van der Waals surface area contributed by atoms with Gasteiger partial charge in [-0.1, -0.05) is 0 Å². The van der Waals surface area contributed by atoms with Crippen LogP contribution in [-0.4, -0.2) is 65.1 Å². The van der Waals surface area contributed by atoms with E-state index >= 15 is 0 Å². The molecule has 21 heavy (non-hydrogen) atoms. The van der Waals surface area contributed by atoms with Crippen molar-refractivity contribution in [1.82, 2.24) is 14.8 Å². The number of likely N-dealkylation sites (tertiary alicyclic amines) is 2. The van der Waals surface area contributed by atoms with E-state index in [2.05, 4.69) is 9.88 Å². The first kappa shape index (κ1) is 14.5. The number of piperidine rings is 1. The Morgan fingerprint density at radius 3 is 2.76 bits per heavy atom. The maximum Gasteiger partial charge on any atom is 0.222 e. The number of carbonyl (C=O) groups is 1. The fourth-order valence-electron chi connectivity index (χ4n) is 3.46. The predicted molar refractivity (Wildman–Crippen MR) is 76.7 cm³/mol. The van der Waals surface area contributed by atoms with Gasteiger partial charge in [0.05, 0.1) is 12.3 Å². The lowest BCUT2D eigenvalue weighted by atomic mass is 9.93. The molecule has 1 N–H and O–H groups in total. The summed E-state index contributed by atoms with van der Waals surface area (Å²) < 4.78 is 5.35. The van der Waals surface area contributed by atoms with Crippen molar-refractivity contribution >= 4 is 5.91 Å². The number of carbonyl (C=O) groups excluding carboxylic acids is 1. The van der Waals surface area contributed by atoms with Gasteiger partial charge in [0.15, 0.2) is 6.39 Å². The van der Waals surface area contributed by atoms with E-state index in [0.717, 1.165) is 38.2 Å². The fraction of sp³-hybridized carbons (Fsp3) is 0.733. The highest BCUT2D eigenvalue weighted by Gasteiger charge is 2.33. The summed E-state index contributed by atoms with van der Waals surface area (Å²) in [5.74, 6) is 1.55. The first-order chi connectivity index (χ1) is 10.1. The Kier molecular flexibility index (Phi) is 4.26. The first-order valence-corrected chi connectivity index (χ1v) is 7.66. The summed E-state index contributed by atoms with van der Waals surface area (Å²) in [5, 5.41) is 9.94. The van der Waals surface area contributed by atoms with Gasteiger partial charge in [-0.05, 0) is 19.9 Å². The van der Waals surface area contributed by atoms with Gasteiger partial charge in [-0.3, -0.25) is 4.79 Å². The summed E-state index contributed by atoms with van der Waals surface area (Å²) >= 11 is 0. The van der Waals surface area contributed by atoms with Crippen molar-refractivity contribution in [1.29, 1.82) is 0 Å². The SMILES string of the molecule is CN1C[C@@H](CC(=O)N2CCC(c3cnco3)CC2)[C@H](O)C1. The molecule has 0 radical (unpaired) electrons. The van der Waals surface area contributed by atoms with E-state index in [1.54, 1.807) is 6.20 Å². The number of aliphatic hydroxyl groups excluding tert-OH is 1. The molecule has 3 heterocycles. The molecule has 6 nitrogen and oxygen atoms in total. The van der Waals surface area contributed by atoms with E-state index in [1.165, 1.54) is 6.39 Å². The van der Waals surface area contributed by atoms with Crippen molar-refractivity contribution in [2.45, 2.75) is 31.3 Å². The number of rotatable bonds is 3. The number of hydrogen-bond acceptors (Lipinski definition) is 5. The van der Waals surface area contributed by atoms with Crippen LogP contribution in [-0.2, 0) is 4.79 Å². The molecule has 0 aliphatic carbocycles. The van der Waals surface area contributed by atoms with Gasteiger partial charge in [-0.15, -0.1) is 0 Å². The summed E-state index contributed by atoms with van der Waals surface area (Å²) in [7, 11) is 1.98. The van der Waals surface area contributed by atoms with Gasteiger partial charge < -0.3 is 19.3 Å². The summed E-state index contributed by atoms with van der Waals surface area (Å²) in [5.41, 5.74) is 0. The van der Waals surface area contributed by atoms with Crippen molar-refractivity contribution in [2.24, 2.45) is 5.92 Å². The van der Waals surface area contributed by atoms with E-state index in [-0.39, 0.29) is 17.9 Å². The normalized spacial score (nSPS) is 28.2. The molecule has 6 heteroatoms. The number of β-amino-alcohol motifs (C(OH)–C–C–N with tert-alkyl or cyclic N) is 1. The second kappa shape index (κ2) is 6.15. The fourth-order valence-corrected chi connectivity index (χ4v) is 3.46. The number of amides is 1. The molecule has 0 unspecified atom stereocenters. The van der Waals surface area contributed by atoms with Crippen molar-refractivity contribution in [2.75, 3.05) is 33.2 Å². The topological polar surface area (TPSA) is 69.8 Å². The van der Waals surface area contributed by atoms with Gasteiger partial charge in [0, 0.05) is 44.4 Å². The van der Waals surface area contributed by atoms with Gasteiger partial charge in [0.2, 0.25) is 5.91 Å². The van der Waals surface area contributed by atoms with Crippen LogP contribution in [0.2, 0.25) is 0 Å². The molecule has 116 valence electrons. The number of hydrogen-bond donors (Lipinski definition) is 1. The molecule has 1 aromatic heterocycles. The molecule has 3 rings (SSSR count). The van der Waals surface area contributed by atoms with Gasteiger partial charge in [0.1, 0.15) is 5.76 Å². The zero-order valence-corrected chi connectivity index (χ0v) is 12.4. The first-order valence-electron chi connectivity index (χ1n) is 7.66. The molecule has 1 amide bonds. The molecule has 0 spiro atoms. The van der Waals surface area contributed by atoms with Crippen LogP contribution in [0.15, 0.2) is 17.0 Å². The lowest BCUT2D eigenvalue weighted by Gasteiger charge is -2.32. The van der Waals surface area contributed by atoms with E-state index in [9.17, 15) is 9.90 Å². The minimum Gasteiger partial charge on any atom is -0.448 e. The van der Waals surface area contributed by atoms with Gasteiger partial charge in [-0.25, -0.2) is 4.98 Å². The average Bonchev–Trinajstić information content (AvgIpc) is 3.10. The van der Waals surface area contributed by atoms with E-state index < -0.39 is 0 Å². The third-order valence-electron chi connectivity index (χ3n) is 4.73. The van der Waals surface area contributed by atoms with Gasteiger partial charge in [-0.2, -0.15) is 0 Å². The molecule has 2 atom stereocenters. The Bertz CT molecular complexity index is 469. The van der Waals surface area contributed by atoms with Crippen LogP contribution in [0.4, 0.5) is 0 Å². The number of oxazole rings is 1.